The first-order valence-electron chi connectivity index (χ1n) is 14.5. The van der Waals surface area contributed by atoms with Gasteiger partial charge in [0.25, 0.3) is 0 Å². The van der Waals surface area contributed by atoms with Crippen LogP contribution in [0.25, 0.3) is 0 Å². The lowest BCUT2D eigenvalue weighted by Gasteiger charge is -2.70. The maximum Gasteiger partial charge on any atom is 0.302 e. The van der Waals surface area contributed by atoms with Gasteiger partial charge in [-0.1, -0.05) is 67.0 Å². The minimum Gasteiger partial charge on any atom is -0.462 e. The van der Waals surface area contributed by atoms with Gasteiger partial charge in [0.05, 0.1) is 0 Å². The molecule has 5 rings (SSSR count). The lowest BCUT2D eigenvalue weighted by Crippen LogP contribution is -2.63. The fourth-order valence-corrected chi connectivity index (χ4v) is 11.2. The van der Waals surface area contributed by atoms with Crippen LogP contribution in [-0.2, 0) is 9.53 Å². The molecule has 34 heavy (non-hydrogen) atoms. The number of fused-ring (bicyclic) bond motifs is 7. The largest absolute Gasteiger partial charge is 0.462 e. The molecule has 4 fully saturated rings. The van der Waals surface area contributed by atoms with Gasteiger partial charge in [-0.3, -0.25) is 4.79 Å². The van der Waals surface area contributed by atoms with Gasteiger partial charge in [0, 0.05) is 12.3 Å². The van der Waals surface area contributed by atoms with Crippen LogP contribution in [0.1, 0.15) is 127 Å². The van der Waals surface area contributed by atoms with Crippen LogP contribution in [0.3, 0.4) is 0 Å². The maximum absolute atomic E-state index is 11.9. The summed E-state index contributed by atoms with van der Waals surface area (Å²) in [6.07, 6.45) is 15.9. The van der Waals surface area contributed by atoms with Crippen molar-refractivity contribution in [1.82, 2.24) is 0 Å². The summed E-state index contributed by atoms with van der Waals surface area (Å²) in [6.45, 7) is 22.0. The number of esters is 1. The molecule has 0 heterocycles. The monoisotopic (exact) mass is 468 g/mol. The molecule has 0 aromatic rings. The second-order valence-corrected chi connectivity index (χ2v) is 15.9. The van der Waals surface area contributed by atoms with E-state index in [4.69, 9.17) is 4.74 Å². The van der Waals surface area contributed by atoms with E-state index in [1.807, 2.05) is 5.57 Å². The van der Waals surface area contributed by atoms with E-state index in [1.165, 1.54) is 57.8 Å². The van der Waals surface area contributed by atoms with E-state index in [1.54, 1.807) is 6.92 Å². The van der Waals surface area contributed by atoms with E-state index < -0.39 is 0 Å². The second-order valence-electron chi connectivity index (χ2n) is 15.9. The van der Waals surface area contributed by atoms with Gasteiger partial charge in [-0.25, -0.2) is 0 Å². The summed E-state index contributed by atoms with van der Waals surface area (Å²) in [6, 6.07) is 0. The molecular formula is C32H52O2. The highest BCUT2D eigenvalue weighted by Gasteiger charge is 2.67. The molecule has 8 atom stereocenters. The number of carbonyl (C=O) groups is 1. The van der Waals surface area contributed by atoms with Crippen molar-refractivity contribution < 1.29 is 9.53 Å². The Balaban J connectivity index is 1.51. The molecule has 0 bridgehead atoms. The summed E-state index contributed by atoms with van der Waals surface area (Å²) in [4.78, 5) is 11.9. The first-order chi connectivity index (χ1) is 15.6. The van der Waals surface area contributed by atoms with Gasteiger partial charge in [0.2, 0.25) is 0 Å². The zero-order chi connectivity index (χ0) is 24.9. The van der Waals surface area contributed by atoms with Crippen molar-refractivity contribution in [1.29, 1.82) is 0 Å². The Labute approximate surface area is 210 Å². The quantitative estimate of drug-likeness (QED) is 0.284. The van der Waals surface area contributed by atoms with Crippen LogP contribution in [0.2, 0.25) is 0 Å². The third-order valence-corrected chi connectivity index (χ3v) is 13.0. The van der Waals surface area contributed by atoms with Gasteiger partial charge < -0.3 is 4.74 Å². The lowest BCUT2D eigenvalue weighted by atomic mass is 9.34. The molecule has 0 aromatic carbocycles. The van der Waals surface area contributed by atoms with Crippen LogP contribution in [-0.4, -0.2) is 12.1 Å². The van der Waals surface area contributed by atoms with E-state index in [2.05, 4.69) is 61.5 Å². The van der Waals surface area contributed by atoms with E-state index >= 15 is 0 Å². The smallest absolute Gasteiger partial charge is 0.302 e. The SMILES string of the molecule is CC(=O)O[C@@H]1CC[C@]2(C)[C@H](CC[C@]3(C)C4=CC[C@]5(C)CCC(C)(C)C[C@@H]5[C@@]4(C)CC[C@@H]23)C1(C)C. The Kier molecular flexibility index (Phi) is 5.40. The summed E-state index contributed by atoms with van der Waals surface area (Å²) in [5, 5.41) is 0. The number of allylic oxidation sites excluding steroid dienone is 2. The van der Waals surface area contributed by atoms with Crippen molar-refractivity contribution in [2.45, 2.75) is 133 Å². The molecule has 2 heteroatoms. The molecule has 2 nitrogen and oxygen atoms in total. The second kappa shape index (κ2) is 7.38. The van der Waals surface area contributed by atoms with Gasteiger partial charge in [-0.15, -0.1) is 0 Å². The summed E-state index contributed by atoms with van der Waals surface area (Å²) in [7, 11) is 0. The zero-order valence-corrected chi connectivity index (χ0v) is 23.8. The van der Waals surface area contributed by atoms with Crippen LogP contribution >= 0.6 is 0 Å². The molecule has 0 unspecified atom stereocenters. The first-order valence-corrected chi connectivity index (χ1v) is 14.5. The molecule has 4 saturated carbocycles. The Morgan fingerprint density at radius 3 is 2.06 bits per heavy atom. The van der Waals surface area contributed by atoms with Gasteiger partial charge in [0.1, 0.15) is 6.10 Å². The molecule has 0 spiro atoms. The minimum atomic E-state index is -0.110. The van der Waals surface area contributed by atoms with E-state index in [9.17, 15) is 4.79 Å². The van der Waals surface area contributed by atoms with Crippen LogP contribution in [0.4, 0.5) is 0 Å². The summed E-state index contributed by atoms with van der Waals surface area (Å²) < 4.78 is 5.90. The fourth-order valence-electron chi connectivity index (χ4n) is 11.2. The molecule has 5 aliphatic rings. The van der Waals surface area contributed by atoms with Crippen LogP contribution < -0.4 is 0 Å². The number of hydrogen-bond donors (Lipinski definition) is 0. The summed E-state index contributed by atoms with van der Waals surface area (Å²) >= 11 is 0. The number of rotatable bonds is 1. The predicted molar refractivity (Wildman–Crippen MR) is 140 cm³/mol. The van der Waals surface area contributed by atoms with Crippen molar-refractivity contribution in [3.8, 4) is 0 Å². The summed E-state index contributed by atoms with van der Waals surface area (Å²) in [5.74, 6) is 2.09. The molecule has 0 radical (unpaired) electrons. The average molecular weight is 469 g/mol. The Bertz CT molecular complexity index is 897. The third-order valence-electron chi connectivity index (χ3n) is 13.0. The van der Waals surface area contributed by atoms with Crippen LogP contribution in [0.5, 0.6) is 0 Å². The number of hydrogen-bond acceptors (Lipinski definition) is 2. The fraction of sp³-hybridized carbons (Fsp3) is 0.906. The van der Waals surface area contributed by atoms with E-state index in [0.29, 0.717) is 33.0 Å². The molecule has 192 valence electrons. The molecule has 0 aliphatic heterocycles. The summed E-state index contributed by atoms with van der Waals surface area (Å²) in [5.41, 5.74) is 3.90. The van der Waals surface area contributed by atoms with E-state index in [0.717, 1.165) is 18.3 Å². The highest BCUT2D eigenvalue weighted by Crippen LogP contribution is 2.75. The topological polar surface area (TPSA) is 26.3 Å². The van der Waals surface area contributed by atoms with Crippen LogP contribution in [0, 0.1) is 50.2 Å². The predicted octanol–water partition coefficient (Wildman–Crippen LogP) is 8.74. The van der Waals surface area contributed by atoms with E-state index in [-0.39, 0.29) is 17.5 Å². The lowest BCUT2D eigenvalue weighted by molar-refractivity contribution is -0.198. The van der Waals surface area contributed by atoms with Crippen LogP contribution in [0.15, 0.2) is 11.6 Å². The van der Waals surface area contributed by atoms with Crippen molar-refractivity contribution >= 4 is 5.97 Å². The van der Waals surface area contributed by atoms with Gasteiger partial charge in [0.15, 0.2) is 0 Å². The highest BCUT2D eigenvalue weighted by molar-refractivity contribution is 5.66. The first kappa shape index (κ1) is 24.9. The van der Waals surface area contributed by atoms with Crippen molar-refractivity contribution in [2.75, 3.05) is 0 Å². The van der Waals surface area contributed by atoms with Gasteiger partial charge >= 0.3 is 5.97 Å². The standard InChI is InChI=1S/C32H52O2/c1-21(33)34-26-13-17-30(7)22(28(26,4)5)11-15-31(8)23-10-14-29(6)19-18-27(2,3)20-25(29)32(23,9)16-12-24(30)31/h10,22,24-26H,11-20H2,1-9H3/t22-,24+,25+,26-,29-,30-,31-,32+/m1/s1. The third kappa shape index (κ3) is 3.28. The Morgan fingerprint density at radius 2 is 1.41 bits per heavy atom. The molecule has 0 N–H and O–H groups in total. The number of ether oxygens (including phenoxy) is 1. The van der Waals surface area contributed by atoms with Crippen molar-refractivity contribution in [3.05, 3.63) is 11.6 Å². The van der Waals surface area contributed by atoms with Gasteiger partial charge in [-0.2, -0.15) is 0 Å². The Morgan fingerprint density at radius 1 is 0.794 bits per heavy atom. The Hall–Kier alpha value is -0.790. The van der Waals surface area contributed by atoms with Crippen molar-refractivity contribution in [3.63, 3.8) is 0 Å². The molecule has 0 saturated heterocycles. The normalized spacial score (nSPS) is 51.1. The molecule has 0 aromatic heterocycles. The molecular weight excluding hydrogens is 416 g/mol. The molecule has 0 amide bonds. The van der Waals surface area contributed by atoms with Gasteiger partial charge in [-0.05, 0) is 109 Å². The molecule has 5 aliphatic carbocycles. The van der Waals surface area contributed by atoms with Crippen molar-refractivity contribution in [2.24, 2.45) is 50.2 Å². The zero-order valence-electron chi connectivity index (χ0n) is 23.8. The minimum absolute atomic E-state index is 0.0493. The average Bonchev–Trinajstić information content (AvgIpc) is 2.70. The number of carbonyl (C=O) groups excluding carboxylic acids is 1. The highest BCUT2D eigenvalue weighted by atomic mass is 16.5. The maximum atomic E-state index is 11.9.